The molecule has 0 radical (unpaired) electrons. The Morgan fingerprint density at radius 1 is 1.33 bits per heavy atom. The molecule has 4 nitrogen and oxygen atoms in total. The third-order valence-corrected chi connectivity index (χ3v) is 4.50. The minimum absolute atomic E-state index is 0.0970. The number of nitrogens with two attached hydrogens (primary N) is 1. The second-order valence-corrected chi connectivity index (χ2v) is 6.30. The Labute approximate surface area is 92.0 Å². The summed E-state index contributed by atoms with van der Waals surface area (Å²) in [6.07, 6.45) is 5.47. The summed E-state index contributed by atoms with van der Waals surface area (Å²) >= 11 is 0. The first-order valence-electron chi connectivity index (χ1n) is 5.63. The molecular formula is C10H21NO3S. The molecule has 0 spiro atoms. The van der Waals surface area contributed by atoms with Gasteiger partial charge in [0.25, 0.3) is 10.1 Å². The second-order valence-electron chi connectivity index (χ2n) is 4.66. The van der Waals surface area contributed by atoms with Crippen molar-refractivity contribution in [2.24, 2.45) is 11.7 Å². The van der Waals surface area contributed by atoms with Crippen LogP contribution in [0.25, 0.3) is 0 Å². The Morgan fingerprint density at radius 3 is 2.27 bits per heavy atom. The third-order valence-electron chi connectivity index (χ3n) is 3.16. The van der Waals surface area contributed by atoms with E-state index in [4.69, 9.17) is 5.73 Å². The van der Waals surface area contributed by atoms with Crippen molar-refractivity contribution in [2.45, 2.75) is 56.7 Å². The summed E-state index contributed by atoms with van der Waals surface area (Å²) in [6.45, 7) is 1.78. The van der Waals surface area contributed by atoms with Gasteiger partial charge in [-0.15, -0.1) is 0 Å². The van der Waals surface area contributed by atoms with Crippen LogP contribution in [-0.2, 0) is 10.1 Å². The smallest absolute Gasteiger partial charge is 0.268 e. The largest absolute Gasteiger partial charge is 0.328 e. The van der Waals surface area contributed by atoms with Gasteiger partial charge in [-0.25, -0.2) is 0 Å². The topological polar surface area (TPSA) is 80.4 Å². The summed E-state index contributed by atoms with van der Waals surface area (Å²) in [5.74, 6) is 0.0970. The van der Waals surface area contributed by atoms with Gasteiger partial charge in [0.1, 0.15) is 0 Å². The lowest BCUT2D eigenvalue weighted by molar-refractivity contribution is 0.312. The van der Waals surface area contributed by atoms with Crippen molar-refractivity contribution >= 4 is 10.1 Å². The van der Waals surface area contributed by atoms with Gasteiger partial charge in [-0.3, -0.25) is 4.55 Å². The van der Waals surface area contributed by atoms with Crippen LogP contribution in [0, 0.1) is 5.92 Å². The van der Waals surface area contributed by atoms with Crippen molar-refractivity contribution in [1.82, 2.24) is 0 Å². The minimum atomic E-state index is -3.94. The van der Waals surface area contributed by atoms with Crippen molar-refractivity contribution in [2.75, 3.05) is 0 Å². The van der Waals surface area contributed by atoms with Gasteiger partial charge in [-0.2, -0.15) is 8.42 Å². The Kier molecular flexibility index (Phi) is 4.55. The van der Waals surface area contributed by atoms with Gasteiger partial charge >= 0.3 is 0 Å². The van der Waals surface area contributed by atoms with Gasteiger partial charge in [0.15, 0.2) is 0 Å². The van der Waals surface area contributed by atoms with Crippen LogP contribution in [-0.4, -0.2) is 24.3 Å². The predicted octanol–water partition coefficient (Wildman–Crippen LogP) is 1.56. The van der Waals surface area contributed by atoms with Crippen molar-refractivity contribution < 1.29 is 13.0 Å². The van der Waals surface area contributed by atoms with Crippen LogP contribution >= 0.6 is 0 Å². The van der Waals surface area contributed by atoms with E-state index in [2.05, 4.69) is 0 Å². The Morgan fingerprint density at radius 2 is 1.87 bits per heavy atom. The molecule has 15 heavy (non-hydrogen) atoms. The Hall–Kier alpha value is -0.130. The molecule has 0 aromatic rings. The highest BCUT2D eigenvalue weighted by molar-refractivity contribution is 7.86. The SMILES string of the molecule is CC(N)CC(C1CCCCC1)S(=O)(=O)O. The maximum Gasteiger partial charge on any atom is 0.268 e. The molecule has 1 fully saturated rings. The van der Waals surface area contributed by atoms with Gasteiger partial charge in [0.05, 0.1) is 5.25 Å². The van der Waals surface area contributed by atoms with E-state index in [1.54, 1.807) is 6.92 Å². The van der Waals surface area contributed by atoms with Gasteiger partial charge in [0, 0.05) is 6.04 Å². The zero-order chi connectivity index (χ0) is 11.5. The van der Waals surface area contributed by atoms with Crippen molar-refractivity contribution in [3.63, 3.8) is 0 Å². The van der Waals surface area contributed by atoms with Crippen LogP contribution in [0.15, 0.2) is 0 Å². The highest BCUT2D eigenvalue weighted by Crippen LogP contribution is 2.31. The molecule has 0 aliphatic heterocycles. The molecule has 90 valence electrons. The van der Waals surface area contributed by atoms with Gasteiger partial charge in [-0.1, -0.05) is 19.3 Å². The number of rotatable bonds is 4. The monoisotopic (exact) mass is 235 g/mol. The fourth-order valence-electron chi connectivity index (χ4n) is 2.43. The van der Waals surface area contributed by atoms with Crippen LogP contribution in [0.4, 0.5) is 0 Å². The summed E-state index contributed by atoms with van der Waals surface area (Å²) in [4.78, 5) is 0. The van der Waals surface area contributed by atoms with E-state index in [9.17, 15) is 13.0 Å². The summed E-state index contributed by atoms with van der Waals surface area (Å²) in [5, 5.41) is -0.655. The molecule has 5 heteroatoms. The highest BCUT2D eigenvalue weighted by Gasteiger charge is 2.33. The fraction of sp³-hybridized carbons (Fsp3) is 1.00. The van der Waals surface area contributed by atoms with Crippen molar-refractivity contribution in [1.29, 1.82) is 0 Å². The molecule has 2 atom stereocenters. The van der Waals surface area contributed by atoms with Crippen molar-refractivity contribution in [3.8, 4) is 0 Å². The van der Waals surface area contributed by atoms with Gasteiger partial charge in [0.2, 0.25) is 0 Å². The maximum atomic E-state index is 11.3. The lowest BCUT2D eigenvalue weighted by atomic mass is 9.85. The quantitative estimate of drug-likeness (QED) is 0.725. The predicted molar refractivity (Wildman–Crippen MR) is 60.2 cm³/mol. The summed E-state index contributed by atoms with van der Waals surface area (Å²) in [6, 6.07) is -0.182. The average Bonchev–Trinajstić information content (AvgIpc) is 2.14. The summed E-state index contributed by atoms with van der Waals surface area (Å²) < 4.78 is 31.7. The zero-order valence-corrected chi connectivity index (χ0v) is 10.0. The molecule has 0 heterocycles. The molecule has 1 aliphatic rings. The first-order chi connectivity index (χ1) is 6.91. The molecule has 0 aromatic carbocycles. The van der Waals surface area contributed by atoms with Crippen molar-refractivity contribution in [3.05, 3.63) is 0 Å². The number of hydrogen-bond acceptors (Lipinski definition) is 3. The zero-order valence-electron chi connectivity index (χ0n) is 9.22. The average molecular weight is 235 g/mol. The van der Waals surface area contributed by atoms with E-state index >= 15 is 0 Å². The van der Waals surface area contributed by atoms with E-state index in [0.29, 0.717) is 6.42 Å². The van der Waals surface area contributed by atoms with Gasteiger partial charge in [-0.05, 0) is 32.1 Å². The molecule has 0 amide bonds. The fourth-order valence-corrected chi connectivity index (χ4v) is 3.73. The normalized spacial score (nSPS) is 23.7. The Bertz CT molecular complexity index is 281. The first kappa shape index (κ1) is 12.9. The lowest BCUT2D eigenvalue weighted by Crippen LogP contribution is -2.36. The summed E-state index contributed by atoms with van der Waals surface area (Å²) in [7, 11) is -3.94. The third kappa shape index (κ3) is 4.09. The minimum Gasteiger partial charge on any atom is -0.328 e. The molecule has 1 rings (SSSR count). The molecule has 0 aromatic heterocycles. The van der Waals surface area contributed by atoms with E-state index in [1.165, 1.54) is 6.42 Å². The summed E-state index contributed by atoms with van der Waals surface area (Å²) in [5.41, 5.74) is 5.62. The van der Waals surface area contributed by atoms with E-state index < -0.39 is 15.4 Å². The standard InChI is InChI=1S/C10H21NO3S/c1-8(11)7-10(15(12,13)14)9-5-3-2-4-6-9/h8-10H,2-7,11H2,1H3,(H,12,13,14). The molecule has 1 saturated carbocycles. The van der Waals surface area contributed by atoms with Crippen LogP contribution in [0.3, 0.4) is 0 Å². The maximum absolute atomic E-state index is 11.3. The molecule has 1 aliphatic carbocycles. The number of hydrogen-bond donors (Lipinski definition) is 2. The molecule has 0 saturated heterocycles. The molecule has 2 unspecified atom stereocenters. The van der Waals surface area contributed by atoms with Crippen LogP contribution < -0.4 is 5.73 Å². The lowest BCUT2D eigenvalue weighted by Gasteiger charge is -2.29. The van der Waals surface area contributed by atoms with Gasteiger partial charge < -0.3 is 5.73 Å². The molecule has 3 N–H and O–H groups in total. The Balaban J connectivity index is 2.70. The second kappa shape index (κ2) is 5.27. The first-order valence-corrected chi connectivity index (χ1v) is 7.13. The van der Waals surface area contributed by atoms with E-state index in [0.717, 1.165) is 25.7 Å². The van der Waals surface area contributed by atoms with Crippen LogP contribution in [0.2, 0.25) is 0 Å². The van der Waals surface area contributed by atoms with Crippen LogP contribution in [0.1, 0.15) is 45.4 Å². The molecule has 0 bridgehead atoms. The highest BCUT2D eigenvalue weighted by atomic mass is 32.2. The van der Waals surface area contributed by atoms with E-state index in [-0.39, 0.29) is 12.0 Å². The van der Waals surface area contributed by atoms with Crippen LogP contribution in [0.5, 0.6) is 0 Å². The molecular weight excluding hydrogens is 214 g/mol. The van der Waals surface area contributed by atoms with E-state index in [1.807, 2.05) is 0 Å².